The van der Waals surface area contributed by atoms with Crippen LogP contribution in [-0.4, -0.2) is 30.7 Å². The van der Waals surface area contributed by atoms with Crippen LogP contribution in [0.25, 0.3) is 21.8 Å². The zero-order chi connectivity index (χ0) is 27.2. The minimum Gasteiger partial charge on any atom is -0.760 e. The zero-order valence-electron chi connectivity index (χ0n) is 21.0. The van der Waals surface area contributed by atoms with Gasteiger partial charge in [-0.3, -0.25) is 9.00 Å². The second-order valence-corrected chi connectivity index (χ2v) is 11.4. The van der Waals surface area contributed by atoms with Gasteiger partial charge < -0.3 is 15.2 Å². The van der Waals surface area contributed by atoms with Crippen LogP contribution in [0.15, 0.2) is 89.2 Å². The molecule has 2 heterocycles. The number of carbonyl (C=O) groups excluding carboxylic acids is 1. The van der Waals surface area contributed by atoms with Gasteiger partial charge in [0.25, 0.3) is 0 Å². The summed E-state index contributed by atoms with van der Waals surface area (Å²) >= 11 is 0.825. The lowest BCUT2D eigenvalue weighted by molar-refractivity contribution is -0.114. The number of thiazole rings is 2. The Morgan fingerprint density at radius 3 is 2.56 bits per heavy atom. The number of anilines is 2. The van der Waals surface area contributed by atoms with Crippen molar-refractivity contribution < 1.29 is 13.6 Å². The van der Waals surface area contributed by atoms with E-state index in [2.05, 4.69) is 38.9 Å². The fraction of sp³-hybridized carbons (Fsp3) is 0.179. The van der Waals surface area contributed by atoms with E-state index in [1.165, 1.54) is 18.3 Å². The number of hydrogen-bond acceptors (Lipinski definition) is 8. The topological polar surface area (TPSA) is 119 Å². The van der Waals surface area contributed by atoms with E-state index >= 15 is 0 Å². The van der Waals surface area contributed by atoms with Gasteiger partial charge in [-0.25, -0.2) is 14.7 Å². The van der Waals surface area contributed by atoms with Crippen molar-refractivity contribution in [2.45, 2.75) is 31.8 Å². The largest absolute Gasteiger partial charge is 0.760 e. The molecule has 0 spiro atoms. The number of carbonyl (C=O) groups is 1. The highest BCUT2D eigenvalue weighted by molar-refractivity contribution is 7.77. The highest BCUT2D eigenvalue weighted by Crippen LogP contribution is 2.34. The zero-order valence-corrected chi connectivity index (χ0v) is 23.4. The van der Waals surface area contributed by atoms with Gasteiger partial charge in [-0.1, -0.05) is 60.7 Å². The summed E-state index contributed by atoms with van der Waals surface area (Å²) < 4.78 is 24.5. The summed E-state index contributed by atoms with van der Waals surface area (Å²) in [5.41, 5.74) is 5.63. The maximum Gasteiger partial charge on any atom is 0.221 e. The van der Waals surface area contributed by atoms with Gasteiger partial charge in [-0.05, 0) is 30.5 Å². The maximum atomic E-state index is 11.3. The predicted molar refractivity (Wildman–Crippen MR) is 158 cm³/mol. The first kappa shape index (κ1) is 27.1. The van der Waals surface area contributed by atoms with Crippen molar-refractivity contribution in [3.63, 3.8) is 0 Å². The summed E-state index contributed by atoms with van der Waals surface area (Å²) in [4.78, 5) is 21.1. The van der Waals surface area contributed by atoms with E-state index in [-0.39, 0.29) is 18.0 Å². The molecule has 0 saturated carbocycles. The molecule has 4 aromatic rings. The maximum absolute atomic E-state index is 11.3. The molecule has 0 bridgehead atoms. The van der Waals surface area contributed by atoms with E-state index in [9.17, 15) is 13.6 Å². The average Bonchev–Trinajstić information content (AvgIpc) is 3.60. The van der Waals surface area contributed by atoms with E-state index in [0.29, 0.717) is 12.8 Å². The van der Waals surface area contributed by atoms with E-state index < -0.39 is 11.3 Å². The molecular formula is C28H26N5O3S3-. The standard InChI is InChI=1S/C28H27N5O3S3/c1-18(34)29-22-13-9-20(10-14-22)25-16-38-28(32-25)31-24(15-19-7-11-23(12-8-19)33-39(35)36)26-17-37-27(30-26)21-5-3-2-4-6-21/h2-11,13-14,16-17,23-24,33H,12,15H2,1H3,(H,29,34)(H,31,32)(H,35,36)/p-1/t23?,24-/m0/s1. The molecule has 11 heteroatoms. The molecule has 3 N–H and O–H groups in total. The highest BCUT2D eigenvalue weighted by atomic mass is 32.2. The van der Waals surface area contributed by atoms with Crippen molar-refractivity contribution in [2.24, 2.45) is 0 Å². The van der Waals surface area contributed by atoms with Gasteiger partial charge in [0.15, 0.2) is 5.13 Å². The van der Waals surface area contributed by atoms with Gasteiger partial charge in [0, 0.05) is 51.8 Å². The molecule has 0 fully saturated rings. The Hall–Kier alpha value is -3.48. The molecule has 8 nitrogen and oxygen atoms in total. The van der Waals surface area contributed by atoms with Crippen LogP contribution in [0, 0.1) is 0 Å². The number of allylic oxidation sites excluding steroid dienone is 1. The van der Waals surface area contributed by atoms with E-state index in [4.69, 9.17) is 9.97 Å². The highest BCUT2D eigenvalue weighted by Gasteiger charge is 2.20. The van der Waals surface area contributed by atoms with Gasteiger partial charge in [0.1, 0.15) is 5.01 Å². The summed E-state index contributed by atoms with van der Waals surface area (Å²) in [5.74, 6) is -0.110. The molecule has 2 aromatic heterocycles. The molecule has 1 amide bonds. The Morgan fingerprint density at radius 2 is 1.87 bits per heavy atom. The van der Waals surface area contributed by atoms with Gasteiger partial charge >= 0.3 is 0 Å². The smallest absolute Gasteiger partial charge is 0.221 e. The molecule has 0 aliphatic heterocycles. The third-order valence-corrected chi connectivity index (χ3v) is 8.24. The lowest BCUT2D eigenvalue weighted by Crippen LogP contribution is -2.29. The van der Waals surface area contributed by atoms with Crippen molar-refractivity contribution in [3.05, 3.63) is 94.9 Å². The van der Waals surface area contributed by atoms with Crippen LogP contribution in [0.2, 0.25) is 0 Å². The van der Waals surface area contributed by atoms with E-state index in [1.54, 1.807) is 11.3 Å². The molecule has 0 radical (unpaired) electrons. The molecule has 5 rings (SSSR count). The lowest BCUT2D eigenvalue weighted by atomic mass is 9.97. The van der Waals surface area contributed by atoms with E-state index in [0.717, 1.165) is 43.9 Å². The molecule has 200 valence electrons. The first-order valence-electron chi connectivity index (χ1n) is 12.3. The Balaban J connectivity index is 1.35. The quantitative estimate of drug-likeness (QED) is 0.197. The van der Waals surface area contributed by atoms with Crippen molar-refractivity contribution in [2.75, 3.05) is 10.6 Å². The van der Waals surface area contributed by atoms with Crippen LogP contribution in [0.4, 0.5) is 10.8 Å². The first-order valence-corrected chi connectivity index (χ1v) is 15.1. The molecule has 1 aliphatic carbocycles. The summed E-state index contributed by atoms with van der Waals surface area (Å²) in [6.07, 6.45) is 7.17. The summed E-state index contributed by atoms with van der Waals surface area (Å²) in [6, 6.07) is 17.3. The fourth-order valence-corrected chi connectivity index (χ4v) is 6.28. The van der Waals surface area contributed by atoms with Crippen LogP contribution in [0.1, 0.15) is 31.5 Å². The van der Waals surface area contributed by atoms with Crippen LogP contribution >= 0.6 is 22.7 Å². The Bertz CT molecular complexity index is 1510. The molecule has 2 aromatic carbocycles. The number of nitrogens with one attached hydrogen (secondary N) is 3. The fourth-order valence-electron chi connectivity index (χ4n) is 4.20. The first-order chi connectivity index (χ1) is 18.9. The molecule has 1 aliphatic rings. The number of aromatic nitrogens is 2. The number of amides is 1. The van der Waals surface area contributed by atoms with Crippen LogP contribution in [-0.2, 0) is 16.1 Å². The summed E-state index contributed by atoms with van der Waals surface area (Å²) in [6.45, 7) is 1.48. The van der Waals surface area contributed by atoms with Crippen LogP contribution in [0.3, 0.4) is 0 Å². The normalized spacial score (nSPS) is 16.4. The molecule has 2 unspecified atom stereocenters. The van der Waals surface area contributed by atoms with Crippen molar-refractivity contribution in [1.29, 1.82) is 0 Å². The van der Waals surface area contributed by atoms with Crippen molar-refractivity contribution in [1.82, 2.24) is 14.7 Å². The molecule has 0 saturated heterocycles. The van der Waals surface area contributed by atoms with Crippen molar-refractivity contribution in [3.8, 4) is 21.8 Å². The Labute approximate surface area is 237 Å². The number of rotatable bonds is 10. The van der Waals surface area contributed by atoms with Gasteiger partial charge in [-0.2, -0.15) is 0 Å². The van der Waals surface area contributed by atoms with Crippen LogP contribution in [0.5, 0.6) is 0 Å². The Morgan fingerprint density at radius 1 is 1.08 bits per heavy atom. The third kappa shape index (κ3) is 7.34. The lowest BCUT2D eigenvalue weighted by Gasteiger charge is -2.22. The minimum absolute atomic E-state index is 0.110. The second kappa shape index (κ2) is 12.6. The monoisotopic (exact) mass is 576 g/mol. The van der Waals surface area contributed by atoms with Gasteiger partial charge in [0.05, 0.1) is 17.4 Å². The SMILES string of the molecule is CC(=O)Nc1ccc(-c2csc(N[C@@H](CC3=CCC(NS(=O)[O-])C=C3)c3csc(-c4ccccc4)n3)n2)cc1. The Kier molecular flexibility index (Phi) is 8.74. The van der Waals surface area contributed by atoms with Crippen LogP contribution < -0.4 is 15.4 Å². The van der Waals surface area contributed by atoms with E-state index in [1.807, 2.05) is 60.0 Å². The number of nitrogens with zero attached hydrogens (tertiary/aromatic N) is 2. The summed E-state index contributed by atoms with van der Waals surface area (Å²) in [7, 11) is 0. The van der Waals surface area contributed by atoms with Gasteiger partial charge in [-0.15, -0.1) is 22.7 Å². The molecular weight excluding hydrogens is 551 g/mol. The predicted octanol–water partition coefficient (Wildman–Crippen LogP) is 6.07. The molecule has 3 atom stereocenters. The van der Waals surface area contributed by atoms with Crippen molar-refractivity contribution >= 4 is 50.7 Å². The molecule has 39 heavy (non-hydrogen) atoms. The second-order valence-electron chi connectivity index (χ2n) is 8.97. The van der Waals surface area contributed by atoms with Gasteiger partial charge in [0.2, 0.25) is 5.91 Å². The third-order valence-electron chi connectivity index (χ3n) is 6.07. The average molecular weight is 577 g/mol. The number of hydrogen-bond donors (Lipinski definition) is 3. The number of benzene rings is 2. The minimum atomic E-state index is -2.30. The summed E-state index contributed by atoms with van der Waals surface area (Å²) in [5, 5.41) is 12.2.